The van der Waals surface area contributed by atoms with Crippen LogP contribution < -0.4 is 5.73 Å². The van der Waals surface area contributed by atoms with E-state index in [2.05, 4.69) is 10.3 Å². The Kier molecular flexibility index (Phi) is 4.26. The Morgan fingerprint density at radius 2 is 2.14 bits per heavy atom. The maximum Gasteiger partial charge on any atom is 0.316 e. The second-order valence-electron chi connectivity index (χ2n) is 4.62. The lowest BCUT2D eigenvalue weighted by atomic mass is 10.1. The highest BCUT2D eigenvalue weighted by atomic mass is 16.6. The summed E-state index contributed by atoms with van der Waals surface area (Å²) in [5, 5.41) is 7.74. The molecule has 1 saturated heterocycles. The molecule has 0 aromatic carbocycles. The van der Waals surface area contributed by atoms with E-state index in [0.717, 1.165) is 5.01 Å². The Labute approximate surface area is 119 Å². The number of carbonyl (C=O) groups excluding carboxylic acids is 4. The normalized spacial score (nSPS) is 28.8. The number of rotatable bonds is 4. The second-order valence-corrected chi connectivity index (χ2v) is 4.62. The zero-order valence-corrected chi connectivity index (χ0v) is 11.2. The molecule has 114 valence electrons. The van der Waals surface area contributed by atoms with E-state index in [1.54, 1.807) is 0 Å². The van der Waals surface area contributed by atoms with Gasteiger partial charge in [0.15, 0.2) is 6.23 Å². The summed E-state index contributed by atoms with van der Waals surface area (Å²) < 4.78 is 10.3. The minimum absolute atomic E-state index is 0.0584. The van der Waals surface area contributed by atoms with Crippen LogP contribution in [0, 0.1) is 0 Å². The molecule has 10 heteroatoms. The third-order valence-corrected chi connectivity index (χ3v) is 3.03. The third-order valence-electron chi connectivity index (χ3n) is 3.03. The summed E-state index contributed by atoms with van der Waals surface area (Å²) in [6.45, 7) is 1.33. The molecule has 0 aromatic rings. The first-order valence-electron chi connectivity index (χ1n) is 6.26. The molecule has 3 atom stereocenters. The summed E-state index contributed by atoms with van der Waals surface area (Å²) >= 11 is 0. The molecular weight excluding hydrogens is 284 g/mol. The highest BCUT2D eigenvalue weighted by Crippen LogP contribution is 2.25. The van der Waals surface area contributed by atoms with Gasteiger partial charge in [0.2, 0.25) is 6.04 Å². The first-order chi connectivity index (χ1) is 9.90. The van der Waals surface area contributed by atoms with Crippen LogP contribution in [-0.2, 0) is 28.7 Å². The lowest BCUT2D eigenvalue weighted by molar-refractivity contribution is -0.162. The van der Waals surface area contributed by atoms with Crippen molar-refractivity contribution in [2.24, 2.45) is 16.1 Å². The van der Waals surface area contributed by atoms with Crippen LogP contribution in [0.5, 0.6) is 0 Å². The molecule has 2 amide bonds. The van der Waals surface area contributed by atoms with Gasteiger partial charge >= 0.3 is 11.9 Å². The summed E-state index contributed by atoms with van der Waals surface area (Å²) in [6.07, 6.45) is -0.221. The Hall–Kier alpha value is -2.36. The van der Waals surface area contributed by atoms with E-state index in [9.17, 15) is 19.2 Å². The van der Waals surface area contributed by atoms with E-state index in [1.165, 1.54) is 6.92 Å². The summed E-state index contributed by atoms with van der Waals surface area (Å²) in [5.41, 5.74) is 4.94. The van der Waals surface area contributed by atoms with Crippen molar-refractivity contribution in [2.75, 3.05) is 6.61 Å². The summed E-state index contributed by atoms with van der Waals surface area (Å²) in [7, 11) is 0. The topological polar surface area (TPSA) is 141 Å². The molecule has 21 heavy (non-hydrogen) atoms. The van der Waals surface area contributed by atoms with E-state index in [-0.39, 0.29) is 12.7 Å². The number of hydrogen-bond donors (Lipinski definition) is 1. The lowest BCUT2D eigenvalue weighted by Gasteiger charge is -2.25. The van der Waals surface area contributed by atoms with E-state index < -0.39 is 35.8 Å². The van der Waals surface area contributed by atoms with E-state index in [0.29, 0.717) is 12.8 Å². The van der Waals surface area contributed by atoms with Gasteiger partial charge in [-0.3, -0.25) is 19.2 Å². The predicted molar refractivity (Wildman–Crippen MR) is 64.2 cm³/mol. The number of hydrogen-bond acceptors (Lipinski definition) is 8. The van der Waals surface area contributed by atoms with Crippen LogP contribution in [0.2, 0.25) is 0 Å². The quantitative estimate of drug-likeness (QED) is 0.388. The minimum Gasteiger partial charge on any atom is -0.463 e. The fourth-order valence-electron chi connectivity index (χ4n) is 2.00. The number of nitrogens with two attached hydrogens (primary N) is 1. The number of amides is 2. The summed E-state index contributed by atoms with van der Waals surface area (Å²) in [5.74, 6) is -3.50. The van der Waals surface area contributed by atoms with Crippen molar-refractivity contribution in [3.05, 3.63) is 0 Å². The summed E-state index contributed by atoms with van der Waals surface area (Å²) in [6, 6.07) is -1.58. The highest BCUT2D eigenvalue weighted by Gasteiger charge is 2.43. The molecule has 2 rings (SSSR count). The number of nitrogens with zero attached hydrogens (tertiary/aromatic N) is 3. The van der Waals surface area contributed by atoms with Gasteiger partial charge in [-0.1, -0.05) is 5.22 Å². The van der Waals surface area contributed by atoms with Gasteiger partial charge in [0.1, 0.15) is 6.61 Å². The third kappa shape index (κ3) is 3.21. The van der Waals surface area contributed by atoms with Crippen molar-refractivity contribution in [3.63, 3.8) is 0 Å². The van der Waals surface area contributed by atoms with Gasteiger partial charge in [0, 0.05) is 6.92 Å². The monoisotopic (exact) mass is 298 g/mol. The predicted octanol–water partition coefficient (Wildman–Crippen LogP) is -1.31. The van der Waals surface area contributed by atoms with Crippen LogP contribution >= 0.6 is 0 Å². The van der Waals surface area contributed by atoms with Crippen LogP contribution in [0.1, 0.15) is 19.8 Å². The zero-order chi connectivity index (χ0) is 15.6. The number of carbonyl (C=O) groups is 4. The minimum atomic E-state index is -1.58. The Bertz CT molecular complexity index is 519. The first-order valence-corrected chi connectivity index (χ1v) is 6.26. The first kappa shape index (κ1) is 15.0. The van der Waals surface area contributed by atoms with Crippen molar-refractivity contribution in [2.45, 2.75) is 38.1 Å². The number of ether oxygens (including phenoxy) is 2. The molecule has 2 aliphatic heterocycles. The average molecular weight is 298 g/mol. The van der Waals surface area contributed by atoms with Crippen molar-refractivity contribution < 1.29 is 28.7 Å². The molecule has 10 nitrogen and oxygen atoms in total. The Balaban J connectivity index is 1.99. The molecular formula is C11H14N4O6. The van der Waals surface area contributed by atoms with Gasteiger partial charge in [-0.2, -0.15) is 5.01 Å². The number of primary amides is 1. The van der Waals surface area contributed by atoms with Crippen molar-refractivity contribution in [1.29, 1.82) is 0 Å². The largest absolute Gasteiger partial charge is 0.463 e. The highest BCUT2D eigenvalue weighted by molar-refractivity contribution is 6.42. The van der Waals surface area contributed by atoms with Crippen LogP contribution in [0.25, 0.3) is 0 Å². The molecule has 2 heterocycles. The van der Waals surface area contributed by atoms with Crippen molar-refractivity contribution >= 4 is 23.6 Å². The molecule has 0 aromatic heterocycles. The Morgan fingerprint density at radius 1 is 1.43 bits per heavy atom. The molecule has 2 N–H and O–H groups in total. The van der Waals surface area contributed by atoms with Crippen LogP contribution in [0.4, 0.5) is 0 Å². The van der Waals surface area contributed by atoms with Gasteiger partial charge in [-0.05, 0) is 12.8 Å². The van der Waals surface area contributed by atoms with Gasteiger partial charge < -0.3 is 15.2 Å². The maximum absolute atomic E-state index is 11.8. The van der Waals surface area contributed by atoms with E-state index >= 15 is 0 Å². The van der Waals surface area contributed by atoms with Crippen molar-refractivity contribution in [1.82, 2.24) is 5.01 Å². The maximum atomic E-state index is 11.8. The number of ketones is 1. The molecule has 0 aliphatic carbocycles. The number of esters is 1. The van der Waals surface area contributed by atoms with E-state index in [4.69, 9.17) is 15.2 Å². The van der Waals surface area contributed by atoms with Gasteiger partial charge in [-0.15, -0.1) is 5.11 Å². The molecule has 0 saturated carbocycles. The SMILES string of the molecule is CC(=O)OCC1CCC(N2N=NC(C(N)=O)C(=O)C2=O)O1. The van der Waals surface area contributed by atoms with Gasteiger partial charge in [0.05, 0.1) is 6.10 Å². The van der Waals surface area contributed by atoms with E-state index in [1.807, 2.05) is 0 Å². The van der Waals surface area contributed by atoms with Crippen molar-refractivity contribution in [3.8, 4) is 0 Å². The number of Topliss-reactive ketones (excluding diaryl/α,β-unsaturated/α-hetero) is 1. The smallest absolute Gasteiger partial charge is 0.316 e. The van der Waals surface area contributed by atoms with Gasteiger partial charge in [-0.25, -0.2) is 0 Å². The zero-order valence-electron chi connectivity index (χ0n) is 11.2. The van der Waals surface area contributed by atoms with Crippen LogP contribution in [-0.4, -0.2) is 53.6 Å². The molecule has 0 bridgehead atoms. The molecule has 2 aliphatic rings. The van der Waals surface area contributed by atoms with Crippen LogP contribution in [0.15, 0.2) is 10.3 Å². The standard InChI is InChI=1S/C11H14N4O6/c1-5(16)20-4-6-2-3-7(21-6)15-11(19)9(17)8(10(12)18)13-14-15/h6-8H,2-4H2,1H3,(H2,12,18). The second kappa shape index (κ2) is 5.95. The molecule has 3 unspecified atom stereocenters. The molecule has 0 spiro atoms. The molecule has 1 fully saturated rings. The average Bonchev–Trinajstić information content (AvgIpc) is 2.87. The molecule has 0 radical (unpaired) electrons. The fourth-order valence-corrected chi connectivity index (χ4v) is 2.00. The summed E-state index contributed by atoms with van der Waals surface area (Å²) in [4.78, 5) is 45.2. The van der Waals surface area contributed by atoms with Crippen LogP contribution in [0.3, 0.4) is 0 Å². The fraction of sp³-hybridized carbons (Fsp3) is 0.636. The lowest BCUT2D eigenvalue weighted by Crippen LogP contribution is -2.50. The van der Waals surface area contributed by atoms with Gasteiger partial charge in [0.25, 0.3) is 11.7 Å². The Morgan fingerprint density at radius 3 is 2.76 bits per heavy atom.